The van der Waals surface area contributed by atoms with Crippen molar-refractivity contribution in [3.05, 3.63) is 60.9 Å². The summed E-state index contributed by atoms with van der Waals surface area (Å²) in [6, 6.07) is 15.5. The van der Waals surface area contributed by atoms with E-state index in [1.54, 1.807) is 56.6 Å². The van der Waals surface area contributed by atoms with Gasteiger partial charge in [-0.15, -0.1) is 0 Å². The van der Waals surface area contributed by atoms with Crippen LogP contribution in [0.4, 0.5) is 11.5 Å². The summed E-state index contributed by atoms with van der Waals surface area (Å²) in [5.41, 5.74) is 0.649. The predicted molar refractivity (Wildman–Crippen MR) is 126 cm³/mol. The molecule has 0 aliphatic carbocycles. The number of rotatable bonds is 7. The van der Waals surface area contributed by atoms with Gasteiger partial charge in [-0.1, -0.05) is 30.0 Å². The van der Waals surface area contributed by atoms with Gasteiger partial charge in [0.1, 0.15) is 16.5 Å². The third-order valence-corrected chi connectivity index (χ3v) is 6.43. The van der Waals surface area contributed by atoms with E-state index in [0.29, 0.717) is 17.2 Å². The number of benzene rings is 2. The summed E-state index contributed by atoms with van der Waals surface area (Å²) < 4.78 is 10.6. The van der Waals surface area contributed by atoms with E-state index in [2.05, 4.69) is 32.3 Å². The first-order chi connectivity index (χ1) is 15.7. The Morgan fingerprint density at radius 1 is 1.03 bits per heavy atom. The number of carbonyl (C=O) groups excluding carboxylic acids is 1. The average Bonchev–Trinajstić information content (AvgIpc) is 2.85. The van der Waals surface area contributed by atoms with Crippen LogP contribution in [-0.2, 0) is 4.79 Å². The van der Waals surface area contributed by atoms with Gasteiger partial charge in [-0.25, -0.2) is 9.97 Å². The Hall–Kier alpha value is -3.26. The molecule has 3 aromatic rings. The second-order valence-electron chi connectivity index (χ2n) is 7.42. The van der Waals surface area contributed by atoms with E-state index in [1.807, 2.05) is 18.2 Å². The lowest BCUT2D eigenvalue weighted by Gasteiger charge is -2.32. The van der Waals surface area contributed by atoms with Gasteiger partial charge in [0, 0.05) is 42.4 Å². The van der Waals surface area contributed by atoms with Crippen LogP contribution in [0.2, 0.25) is 0 Å². The molecule has 1 amide bonds. The average molecular weight is 451 g/mol. The Balaban J connectivity index is 1.39. The zero-order chi connectivity index (χ0) is 22.3. The van der Waals surface area contributed by atoms with Crippen LogP contribution in [0.25, 0.3) is 0 Å². The van der Waals surface area contributed by atoms with Crippen LogP contribution in [0, 0.1) is 5.92 Å². The van der Waals surface area contributed by atoms with Crippen LogP contribution in [0.15, 0.2) is 70.8 Å². The quantitative estimate of drug-likeness (QED) is 0.568. The van der Waals surface area contributed by atoms with Crippen LogP contribution in [0.3, 0.4) is 0 Å². The first-order valence-corrected chi connectivity index (χ1v) is 11.3. The molecule has 2 aromatic carbocycles. The largest absolute Gasteiger partial charge is 0.497 e. The molecule has 0 saturated carbocycles. The molecule has 0 spiro atoms. The zero-order valence-corrected chi connectivity index (χ0v) is 19.0. The summed E-state index contributed by atoms with van der Waals surface area (Å²) in [7, 11) is 3.18. The van der Waals surface area contributed by atoms with Gasteiger partial charge in [0.2, 0.25) is 5.91 Å². The van der Waals surface area contributed by atoms with Crippen molar-refractivity contribution in [2.24, 2.45) is 5.92 Å². The summed E-state index contributed by atoms with van der Waals surface area (Å²) >= 11 is 1.61. The highest BCUT2D eigenvalue weighted by Gasteiger charge is 2.27. The van der Waals surface area contributed by atoms with Crippen molar-refractivity contribution in [2.45, 2.75) is 22.8 Å². The molecule has 0 radical (unpaired) electrons. The second kappa shape index (κ2) is 10.4. The van der Waals surface area contributed by atoms with Crippen LogP contribution in [-0.4, -0.2) is 43.2 Å². The molecule has 0 bridgehead atoms. The van der Waals surface area contributed by atoms with Crippen molar-refractivity contribution >= 4 is 29.2 Å². The normalized spacial score (nSPS) is 14.1. The fraction of sp³-hybridized carbons (Fsp3) is 0.292. The Kier molecular flexibility index (Phi) is 7.11. The first-order valence-electron chi connectivity index (χ1n) is 10.5. The number of nitrogens with one attached hydrogen (secondary N) is 1. The number of hydrogen-bond donors (Lipinski definition) is 1. The van der Waals surface area contributed by atoms with Crippen LogP contribution in [0.1, 0.15) is 12.8 Å². The maximum atomic E-state index is 12.9. The third-order valence-electron chi connectivity index (χ3n) is 5.44. The van der Waals surface area contributed by atoms with Crippen molar-refractivity contribution in [3.8, 4) is 11.5 Å². The maximum absolute atomic E-state index is 12.9. The summed E-state index contributed by atoms with van der Waals surface area (Å²) in [5, 5.41) is 3.89. The number of methoxy groups -OCH3 is 2. The minimum absolute atomic E-state index is 0.00569. The van der Waals surface area contributed by atoms with Gasteiger partial charge in [0.15, 0.2) is 5.82 Å². The van der Waals surface area contributed by atoms with Gasteiger partial charge < -0.3 is 19.7 Å². The van der Waals surface area contributed by atoms with E-state index >= 15 is 0 Å². The molecule has 7 nitrogen and oxygen atoms in total. The van der Waals surface area contributed by atoms with E-state index in [0.717, 1.165) is 41.7 Å². The lowest BCUT2D eigenvalue weighted by atomic mass is 9.96. The van der Waals surface area contributed by atoms with Gasteiger partial charge in [0.25, 0.3) is 0 Å². The molecule has 1 aliphatic heterocycles. The fourth-order valence-corrected chi connectivity index (χ4v) is 4.60. The Labute approximate surface area is 192 Å². The standard InChI is InChI=1S/C24H26N4O3S/c1-30-18-8-9-20(21(16-18)31-2)27-23(29)17-10-14-28(15-11-17)22-24(26-13-12-25-22)32-19-6-4-3-5-7-19/h3-9,12-13,16-17H,10-11,14-15H2,1-2H3,(H,27,29). The summed E-state index contributed by atoms with van der Waals surface area (Å²) in [4.78, 5) is 25.4. The highest BCUT2D eigenvalue weighted by Crippen LogP contribution is 2.34. The van der Waals surface area contributed by atoms with Gasteiger partial charge in [0.05, 0.1) is 19.9 Å². The van der Waals surface area contributed by atoms with E-state index in [-0.39, 0.29) is 11.8 Å². The number of ether oxygens (including phenoxy) is 2. The molecule has 8 heteroatoms. The van der Waals surface area contributed by atoms with E-state index in [1.165, 1.54) is 0 Å². The Morgan fingerprint density at radius 3 is 2.50 bits per heavy atom. The van der Waals surface area contributed by atoms with E-state index in [9.17, 15) is 4.79 Å². The van der Waals surface area contributed by atoms with Crippen molar-refractivity contribution in [1.29, 1.82) is 0 Å². The molecule has 1 aliphatic rings. The molecule has 32 heavy (non-hydrogen) atoms. The lowest BCUT2D eigenvalue weighted by Crippen LogP contribution is -2.39. The van der Waals surface area contributed by atoms with Crippen LogP contribution >= 0.6 is 11.8 Å². The minimum atomic E-state index is -0.0695. The minimum Gasteiger partial charge on any atom is -0.497 e. The van der Waals surface area contributed by atoms with Crippen molar-refractivity contribution in [3.63, 3.8) is 0 Å². The number of anilines is 2. The number of piperidine rings is 1. The molecule has 4 rings (SSSR count). The molecule has 1 aromatic heterocycles. The highest BCUT2D eigenvalue weighted by atomic mass is 32.2. The third kappa shape index (κ3) is 5.13. The second-order valence-corrected chi connectivity index (χ2v) is 8.48. The Bertz CT molecular complexity index is 1060. The predicted octanol–water partition coefficient (Wildman–Crippen LogP) is 4.50. The van der Waals surface area contributed by atoms with E-state index < -0.39 is 0 Å². The molecular weight excluding hydrogens is 424 g/mol. The lowest BCUT2D eigenvalue weighted by molar-refractivity contribution is -0.120. The fourth-order valence-electron chi connectivity index (χ4n) is 3.70. The molecule has 1 saturated heterocycles. The number of hydrogen-bond acceptors (Lipinski definition) is 7. The van der Waals surface area contributed by atoms with Gasteiger partial charge in [-0.2, -0.15) is 0 Å². The number of amides is 1. The molecule has 0 atom stereocenters. The van der Waals surface area contributed by atoms with Crippen molar-refractivity contribution in [2.75, 3.05) is 37.5 Å². The smallest absolute Gasteiger partial charge is 0.227 e. The van der Waals surface area contributed by atoms with Crippen LogP contribution < -0.4 is 19.7 Å². The molecule has 166 valence electrons. The maximum Gasteiger partial charge on any atom is 0.227 e. The molecule has 0 unspecified atom stereocenters. The number of aromatic nitrogens is 2. The molecule has 2 heterocycles. The van der Waals surface area contributed by atoms with Gasteiger partial charge in [-0.3, -0.25) is 4.79 Å². The topological polar surface area (TPSA) is 76.6 Å². The zero-order valence-electron chi connectivity index (χ0n) is 18.2. The van der Waals surface area contributed by atoms with E-state index in [4.69, 9.17) is 9.47 Å². The number of carbonyl (C=O) groups is 1. The SMILES string of the molecule is COc1ccc(NC(=O)C2CCN(c3nccnc3Sc3ccccc3)CC2)c(OC)c1. The van der Waals surface area contributed by atoms with Crippen LogP contribution in [0.5, 0.6) is 11.5 Å². The molecule has 1 fully saturated rings. The first kappa shape index (κ1) is 22.0. The molecular formula is C24H26N4O3S. The monoisotopic (exact) mass is 450 g/mol. The van der Waals surface area contributed by atoms with Crippen molar-refractivity contribution in [1.82, 2.24) is 9.97 Å². The van der Waals surface area contributed by atoms with Gasteiger partial charge in [-0.05, 0) is 37.1 Å². The summed E-state index contributed by atoms with van der Waals surface area (Å²) in [6.45, 7) is 1.50. The number of nitrogens with zero attached hydrogens (tertiary/aromatic N) is 3. The summed E-state index contributed by atoms with van der Waals surface area (Å²) in [5.74, 6) is 2.07. The Morgan fingerprint density at radius 2 is 1.78 bits per heavy atom. The summed E-state index contributed by atoms with van der Waals surface area (Å²) in [6.07, 6.45) is 4.93. The van der Waals surface area contributed by atoms with Crippen molar-refractivity contribution < 1.29 is 14.3 Å². The highest BCUT2D eigenvalue weighted by molar-refractivity contribution is 7.99. The molecule has 1 N–H and O–H groups in total. The van der Waals surface area contributed by atoms with Gasteiger partial charge >= 0.3 is 0 Å².